The number of amides is 1. The number of rotatable bonds is 6. The van der Waals surface area contributed by atoms with E-state index in [0.29, 0.717) is 0 Å². The number of carbonyl (C=O) groups is 1. The van der Waals surface area contributed by atoms with Crippen molar-refractivity contribution in [1.82, 2.24) is 5.32 Å². The van der Waals surface area contributed by atoms with Crippen LogP contribution in [0.2, 0.25) is 0 Å². The summed E-state index contributed by atoms with van der Waals surface area (Å²) in [6.07, 6.45) is 2.83. The first-order valence-electron chi connectivity index (χ1n) is 5.73. The molecule has 0 aliphatic carbocycles. The van der Waals surface area contributed by atoms with Gasteiger partial charge in [-0.15, -0.1) is 0 Å². The Labute approximate surface area is 101 Å². The molecule has 16 heavy (non-hydrogen) atoms. The summed E-state index contributed by atoms with van der Waals surface area (Å²) in [6, 6.07) is 1.69. The van der Waals surface area contributed by atoms with E-state index in [-0.39, 0.29) is 18.0 Å². The van der Waals surface area contributed by atoms with Crippen LogP contribution in [0, 0.1) is 0 Å². The lowest BCUT2D eigenvalue weighted by Crippen LogP contribution is -2.41. The van der Waals surface area contributed by atoms with E-state index in [4.69, 9.17) is 5.73 Å². The molecule has 1 aromatic heterocycles. The highest BCUT2D eigenvalue weighted by Crippen LogP contribution is 2.15. The van der Waals surface area contributed by atoms with Crippen LogP contribution in [0.1, 0.15) is 44.7 Å². The van der Waals surface area contributed by atoms with Crippen LogP contribution in [0.5, 0.6) is 0 Å². The van der Waals surface area contributed by atoms with E-state index in [9.17, 15) is 4.79 Å². The third-order valence-corrected chi connectivity index (χ3v) is 3.31. The molecule has 4 heteroatoms. The average Bonchev–Trinajstić information content (AvgIpc) is 2.79. The van der Waals surface area contributed by atoms with Crippen LogP contribution in [-0.4, -0.2) is 11.9 Å². The fraction of sp³-hybridized carbons (Fsp3) is 0.583. The van der Waals surface area contributed by atoms with Gasteiger partial charge in [0.05, 0.1) is 12.1 Å². The third-order valence-electron chi connectivity index (χ3n) is 2.61. The van der Waals surface area contributed by atoms with E-state index < -0.39 is 0 Å². The maximum atomic E-state index is 11.7. The third kappa shape index (κ3) is 3.94. The van der Waals surface area contributed by atoms with Crippen molar-refractivity contribution in [3.63, 3.8) is 0 Å². The molecule has 2 atom stereocenters. The average molecular weight is 240 g/mol. The SMILES string of the molecule is CCCC[C@H](N)C(=O)NC(C)c1ccsc1. The summed E-state index contributed by atoms with van der Waals surface area (Å²) in [5.41, 5.74) is 6.94. The monoisotopic (exact) mass is 240 g/mol. The Bertz CT molecular complexity index is 311. The minimum atomic E-state index is -0.374. The molecule has 0 aliphatic rings. The molecule has 1 rings (SSSR count). The molecule has 0 saturated heterocycles. The summed E-state index contributed by atoms with van der Waals surface area (Å²) in [5.74, 6) is -0.0489. The van der Waals surface area contributed by atoms with Gasteiger partial charge in [-0.2, -0.15) is 11.3 Å². The quantitative estimate of drug-likeness (QED) is 0.802. The number of nitrogens with one attached hydrogen (secondary N) is 1. The van der Waals surface area contributed by atoms with Gasteiger partial charge in [0.25, 0.3) is 0 Å². The zero-order chi connectivity index (χ0) is 12.0. The first kappa shape index (κ1) is 13.2. The molecule has 0 spiro atoms. The molecule has 1 unspecified atom stereocenters. The van der Waals surface area contributed by atoms with E-state index in [0.717, 1.165) is 24.8 Å². The smallest absolute Gasteiger partial charge is 0.237 e. The summed E-state index contributed by atoms with van der Waals surface area (Å²) in [4.78, 5) is 11.7. The van der Waals surface area contributed by atoms with E-state index in [1.54, 1.807) is 11.3 Å². The van der Waals surface area contributed by atoms with Gasteiger partial charge >= 0.3 is 0 Å². The molecule has 0 radical (unpaired) electrons. The Kier molecular flexibility index (Phi) is 5.49. The van der Waals surface area contributed by atoms with Crippen molar-refractivity contribution in [2.24, 2.45) is 5.73 Å². The number of hydrogen-bond donors (Lipinski definition) is 2. The molecule has 0 saturated carbocycles. The Morgan fingerprint density at radius 2 is 2.38 bits per heavy atom. The highest BCUT2D eigenvalue weighted by molar-refractivity contribution is 7.07. The fourth-order valence-corrected chi connectivity index (χ4v) is 2.23. The normalized spacial score (nSPS) is 14.4. The van der Waals surface area contributed by atoms with Gasteiger partial charge < -0.3 is 11.1 Å². The minimum absolute atomic E-state index is 0.0476. The minimum Gasteiger partial charge on any atom is -0.348 e. The topological polar surface area (TPSA) is 55.1 Å². The Morgan fingerprint density at radius 1 is 1.62 bits per heavy atom. The van der Waals surface area contributed by atoms with E-state index in [1.807, 2.05) is 23.8 Å². The number of carbonyl (C=O) groups excluding carboxylic acids is 1. The van der Waals surface area contributed by atoms with Crippen LogP contribution in [0.25, 0.3) is 0 Å². The molecular weight excluding hydrogens is 220 g/mol. The lowest BCUT2D eigenvalue weighted by atomic mass is 10.1. The van der Waals surface area contributed by atoms with Crippen molar-refractivity contribution < 1.29 is 4.79 Å². The number of hydrogen-bond acceptors (Lipinski definition) is 3. The number of thiophene rings is 1. The van der Waals surface area contributed by atoms with E-state index in [1.165, 1.54) is 0 Å². The Hall–Kier alpha value is -0.870. The molecule has 0 bridgehead atoms. The van der Waals surface area contributed by atoms with Crippen molar-refractivity contribution in [3.8, 4) is 0 Å². The van der Waals surface area contributed by atoms with E-state index >= 15 is 0 Å². The van der Waals surface area contributed by atoms with Gasteiger partial charge in [0.1, 0.15) is 0 Å². The predicted octanol–water partition coefficient (Wildman–Crippen LogP) is 2.44. The van der Waals surface area contributed by atoms with Crippen LogP contribution < -0.4 is 11.1 Å². The van der Waals surface area contributed by atoms with Crippen molar-refractivity contribution in [2.75, 3.05) is 0 Å². The molecule has 0 aromatic carbocycles. The number of unbranched alkanes of at least 4 members (excludes halogenated alkanes) is 1. The van der Waals surface area contributed by atoms with Crippen LogP contribution >= 0.6 is 11.3 Å². The van der Waals surface area contributed by atoms with Gasteiger partial charge in [-0.1, -0.05) is 19.8 Å². The van der Waals surface area contributed by atoms with Gasteiger partial charge in [0.2, 0.25) is 5.91 Å². The highest BCUT2D eigenvalue weighted by Gasteiger charge is 2.15. The van der Waals surface area contributed by atoms with Gasteiger partial charge in [0.15, 0.2) is 0 Å². The maximum Gasteiger partial charge on any atom is 0.237 e. The molecule has 1 amide bonds. The molecule has 0 fully saturated rings. The molecular formula is C12H20N2OS. The summed E-state index contributed by atoms with van der Waals surface area (Å²) < 4.78 is 0. The second kappa shape index (κ2) is 6.66. The van der Waals surface area contributed by atoms with Gasteiger partial charge in [-0.25, -0.2) is 0 Å². The largest absolute Gasteiger partial charge is 0.348 e. The fourth-order valence-electron chi connectivity index (χ4n) is 1.48. The molecule has 1 heterocycles. The van der Waals surface area contributed by atoms with Gasteiger partial charge in [-0.05, 0) is 35.7 Å². The zero-order valence-corrected chi connectivity index (χ0v) is 10.7. The molecule has 1 aromatic rings. The molecule has 90 valence electrons. The number of nitrogens with two attached hydrogens (primary N) is 1. The first-order valence-corrected chi connectivity index (χ1v) is 6.67. The standard InChI is InChI=1S/C12H20N2OS/c1-3-4-5-11(13)12(15)14-9(2)10-6-7-16-8-10/h6-9,11H,3-5,13H2,1-2H3,(H,14,15)/t9?,11-/m0/s1. The maximum absolute atomic E-state index is 11.7. The van der Waals surface area contributed by atoms with Crippen LogP contribution in [-0.2, 0) is 4.79 Å². The van der Waals surface area contributed by atoms with Gasteiger partial charge in [-0.3, -0.25) is 4.79 Å². The second-order valence-electron chi connectivity index (χ2n) is 4.04. The Balaban J connectivity index is 2.39. The van der Waals surface area contributed by atoms with Crippen LogP contribution in [0.3, 0.4) is 0 Å². The van der Waals surface area contributed by atoms with Crippen molar-refractivity contribution >= 4 is 17.2 Å². The summed E-state index contributed by atoms with van der Waals surface area (Å²) in [5, 5.41) is 6.99. The van der Waals surface area contributed by atoms with Gasteiger partial charge in [0, 0.05) is 0 Å². The van der Waals surface area contributed by atoms with E-state index in [2.05, 4.69) is 12.2 Å². The molecule has 3 nitrogen and oxygen atoms in total. The van der Waals surface area contributed by atoms with Crippen LogP contribution in [0.15, 0.2) is 16.8 Å². The predicted molar refractivity (Wildman–Crippen MR) is 68.4 cm³/mol. The molecule has 0 aliphatic heterocycles. The summed E-state index contributed by atoms with van der Waals surface area (Å²) >= 11 is 1.63. The lowest BCUT2D eigenvalue weighted by Gasteiger charge is -2.16. The van der Waals surface area contributed by atoms with Crippen molar-refractivity contribution in [2.45, 2.75) is 45.2 Å². The summed E-state index contributed by atoms with van der Waals surface area (Å²) in [7, 11) is 0. The molecule has 3 N–H and O–H groups in total. The van der Waals surface area contributed by atoms with Crippen LogP contribution in [0.4, 0.5) is 0 Å². The first-order chi connectivity index (χ1) is 7.65. The summed E-state index contributed by atoms with van der Waals surface area (Å²) in [6.45, 7) is 4.07. The van der Waals surface area contributed by atoms with Crippen molar-refractivity contribution in [3.05, 3.63) is 22.4 Å². The lowest BCUT2D eigenvalue weighted by molar-refractivity contribution is -0.123. The second-order valence-corrected chi connectivity index (χ2v) is 4.82. The highest BCUT2D eigenvalue weighted by atomic mass is 32.1. The zero-order valence-electron chi connectivity index (χ0n) is 9.90. The van der Waals surface area contributed by atoms with Crippen molar-refractivity contribution in [1.29, 1.82) is 0 Å². The Morgan fingerprint density at radius 3 is 2.94 bits per heavy atom.